The lowest BCUT2D eigenvalue weighted by molar-refractivity contribution is -0.128. The Morgan fingerprint density at radius 3 is 2.94 bits per heavy atom. The molecule has 0 saturated carbocycles. The van der Waals surface area contributed by atoms with Gasteiger partial charge in [0.1, 0.15) is 12.4 Å². The summed E-state index contributed by atoms with van der Waals surface area (Å²) in [6.07, 6.45) is 0.684. The van der Waals surface area contributed by atoms with E-state index in [9.17, 15) is 4.79 Å². The highest BCUT2D eigenvalue weighted by Crippen LogP contribution is 2.27. The standard InChI is InChI=1S/C14H19NO3/c1-14(2,9-16)15-13(17)11-7-10-5-3-4-6-12(10)18-8-11/h3-6,11,16H,7-9H2,1-2H3,(H,15,17). The van der Waals surface area contributed by atoms with Crippen molar-refractivity contribution in [3.05, 3.63) is 29.8 Å². The van der Waals surface area contributed by atoms with Gasteiger partial charge >= 0.3 is 0 Å². The van der Waals surface area contributed by atoms with Crippen molar-refractivity contribution >= 4 is 5.91 Å². The first-order valence-electron chi connectivity index (χ1n) is 6.15. The van der Waals surface area contributed by atoms with Crippen LogP contribution < -0.4 is 10.1 Å². The van der Waals surface area contributed by atoms with E-state index in [-0.39, 0.29) is 18.4 Å². The van der Waals surface area contributed by atoms with E-state index in [0.717, 1.165) is 11.3 Å². The summed E-state index contributed by atoms with van der Waals surface area (Å²) >= 11 is 0. The van der Waals surface area contributed by atoms with Crippen LogP contribution in [0.3, 0.4) is 0 Å². The minimum atomic E-state index is -0.589. The van der Waals surface area contributed by atoms with Gasteiger partial charge in [0.25, 0.3) is 0 Å². The number of hydrogen-bond acceptors (Lipinski definition) is 3. The summed E-state index contributed by atoms with van der Waals surface area (Å²) in [5.41, 5.74) is 0.472. The Hall–Kier alpha value is -1.55. The van der Waals surface area contributed by atoms with Crippen LogP contribution in [0.15, 0.2) is 24.3 Å². The van der Waals surface area contributed by atoms with E-state index < -0.39 is 5.54 Å². The van der Waals surface area contributed by atoms with Gasteiger partial charge in [-0.15, -0.1) is 0 Å². The quantitative estimate of drug-likeness (QED) is 0.844. The van der Waals surface area contributed by atoms with Gasteiger partial charge in [-0.25, -0.2) is 0 Å². The highest BCUT2D eigenvalue weighted by atomic mass is 16.5. The number of aliphatic hydroxyl groups is 1. The molecule has 0 spiro atoms. The monoisotopic (exact) mass is 249 g/mol. The SMILES string of the molecule is CC(C)(CO)NC(=O)C1COc2ccccc2C1. The first-order chi connectivity index (χ1) is 8.52. The molecule has 1 heterocycles. The average Bonchev–Trinajstić information content (AvgIpc) is 2.37. The molecule has 0 fully saturated rings. The Kier molecular flexibility index (Phi) is 3.57. The summed E-state index contributed by atoms with van der Waals surface area (Å²) < 4.78 is 5.58. The number of rotatable bonds is 3. The van der Waals surface area contributed by atoms with Crippen LogP contribution in [0.5, 0.6) is 5.75 Å². The molecule has 1 aromatic rings. The van der Waals surface area contributed by atoms with Crippen LogP contribution in [0.4, 0.5) is 0 Å². The van der Waals surface area contributed by atoms with Gasteiger partial charge in [-0.05, 0) is 31.9 Å². The highest BCUT2D eigenvalue weighted by Gasteiger charge is 2.29. The molecule has 4 nitrogen and oxygen atoms in total. The predicted octanol–water partition coefficient (Wildman–Crippen LogP) is 1.12. The molecule has 1 unspecified atom stereocenters. The highest BCUT2D eigenvalue weighted by molar-refractivity contribution is 5.80. The third kappa shape index (κ3) is 2.82. The summed E-state index contributed by atoms with van der Waals surface area (Å²) in [6, 6.07) is 7.77. The van der Waals surface area contributed by atoms with E-state index in [1.165, 1.54) is 0 Å². The number of ether oxygens (including phenoxy) is 1. The Bertz CT molecular complexity index is 442. The molecule has 1 amide bonds. The van der Waals surface area contributed by atoms with E-state index in [2.05, 4.69) is 5.32 Å². The van der Waals surface area contributed by atoms with Crippen molar-refractivity contribution in [2.75, 3.05) is 13.2 Å². The molecule has 1 aliphatic rings. The second-order valence-corrected chi connectivity index (χ2v) is 5.35. The smallest absolute Gasteiger partial charge is 0.227 e. The molecule has 2 rings (SSSR count). The maximum absolute atomic E-state index is 12.1. The first kappa shape index (κ1) is 12.9. The number of benzene rings is 1. The van der Waals surface area contributed by atoms with Gasteiger partial charge in [-0.2, -0.15) is 0 Å². The lowest BCUT2D eigenvalue weighted by Crippen LogP contribution is -2.50. The number of fused-ring (bicyclic) bond motifs is 1. The summed E-state index contributed by atoms with van der Waals surface area (Å²) in [4.78, 5) is 12.1. The number of hydrogen-bond donors (Lipinski definition) is 2. The number of para-hydroxylation sites is 1. The van der Waals surface area contributed by atoms with Crippen LogP contribution in [0.2, 0.25) is 0 Å². The van der Waals surface area contributed by atoms with Gasteiger partial charge in [-0.1, -0.05) is 18.2 Å². The normalized spacial score (nSPS) is 18.7. The number of carbonyl (C=O) groups is 1. The van der Waals surface area contributed by atoms with E-state index in [0.29, 0.717) is 13.0 Å². The molecule has 2 N–H and O–H groups in total. The van der Waals surface area contributed by atoms with E-state index in [1.54, 1.807) is 13.8 Å². The molecule has 18 heavy (non-hydrogen) atoms. The third-order valence-corrected chi connectivity index (χ3v) is 3.11. The number of aliphatic hydroxyl groups excluding tert-OH is 1. The molecule has 0 aliphatic carbocycles. The summed E-state index contributed by atoms with van der Waals surface area (Å²) in [7, 11) is 0. The van der Waals surface area contributed by atoms with Crippen molar-refractivity contribution in [3.63, 3.8) is 0 Å². The molecule has 0 bridgehead atoms. The van der Waals surface area contributed by atoms with Crippen LogP contribution in [0.25, 0.3) is 0 Å². The summed E-state index contributed by atoms with van der Waals surface area (Å²) in [5, 5.41) is 12.0. The fourth-order valence-electron chi connectivity index (χ4n) is 1.97. The number of carbonyl (C=O) groups excluding carboxylic acids is 1. The molecule has 1 atom stereocenters. The molecular formula is C14H19NO3. The van der Waals surface area contributed by atoms with E-state index in [4.69, 9.17) is 9.84 Å². The van der Waals surface area contributed by atoms with Gasteiger partial charge in [0.2, 0.25) is 5.91 Å². The van der Waals surface area contributed by atoms with Crippen LogP contribution >= 0.6 is 0 Å². The second-order valence-electron chi connectivity index (χ2n) is 5.35. The third-order valence-electron chi connectivity index (χ3n) is 3.11. The van der Waals surface area contributed by atoms with Crippen molar-refractivity contribution < 1.29 is 14.6 Å². The summed E-state index contributed by atoms with van der Waals surface area (Å²) in [6.45, 7) is 3.90. The van der Waals surface area contributed by atoms with E-state index >= 15 is 0 Å². The topological polar surface area (TPSA) is 58.6 Å². The summed E-state index contributed by atoms with van der Waals surface area (Å²) in [5.74, 6) is 0.609. The van der Waals surface area contributed by atoms with Gasteiger partial charge in [0.05, 0.1) is 18.1 Å². The van der Waals surface area contributed by atoms with Gasteiger partial charge in [-0.3, -0.25) is 4.79 Å². The average molecular weight is 249 g/mol. The minimum Gasteiger partial charge on any atom is -0.492 e. The number of amides is 1. The second kappa shape index (κ2) is 4.98. The fraction of sp³-hybridized carbons (Fsp3) is 0.500. The molecule has 0 saturated heterocycles. The minimum absolute atomic E-state index is 0.0662. The van der Waals surface area contributed by atoms with Crippen LogP contribution in [0.1, 0.15) is 19.4 Å². The number of nitrogens with one attached hydrogen (secondary N) is 1. The molecule has 0 radical (unpaired) electrons. The lowest BCUT2D eigenvalue weighted by Gasteiger charge is -2.29. The van der Waals surface area contributed by atoms with Crippen molar-refractivity contribution in [3.8, 4) is 5.75 Å². The zero-order valence-electron chi connectivity index (χ0n) is 10.8. The first-order valence-corrected chi connectivity index (χ1v) is 6.15. The molecular weight excluding hydrogens is 230 g/mol. The zero-order valence-corrected chi connectivity index (χ0v) is 10.8. The maximum Gasteiger partial charge on any atom is 0.227 e. The van der Waals surface area contributed by atoms with E-state index in [1.807, 2.05) is 24.3 Å². The van der Waals surface area contributed by atoms with Crippen LogP contribution in [-0.4, -0.2) is 29.8 Å². The predicted molar refractivity (Wildman–Crippen MR) is 68.4 cm³/mol. The van der Waals surface area contributed by atoms with Crippen molar-refractivity contribution in [1.82, 2.24) is 5.32 Å². The van der Waals surface area contributed by atoms with Gasteiger partial charge in [0, 0.05) is 0 Å². The van der Waals surface area contributed by atoms with Crippen molar-refractivity contribution in [2.24, 2.45) is 5.92 Å². The Morgan fingerprint density at radius 2 is 2.22 bits per heavy atom. The molecule has 1 aliphatic heterocycles. The Morgan fingerprint density at radius 1 is 1.50 bits per heavy atom. The van der Waals surface area contributed by atoms with Crippen molar-refractivity contribution in [1.29, 1.82) is 0 Å². The fourth-order valence-corrected chi connectivity index (χ4v) is 1.97. The molecule has 1 aromatic carbocycles. The zero-order chi connectivity index (χ0) is 13.2. The Balaban J connectivity index is 2.03. The van der Waals surface area contributed by atoms with Crippen LogP contribution in [0, 0.1) is 5.92 Å². The van der Waals surface area contributed by atoms with Crippen molar-refractivity contribution in [2.45, 2.75) is 25.8 Å². The lowest BCUT2D eigenvalue weighted by atomic mass is 9.95. The maximum atomic E-state index is 12.1. The largest absolute Gasteiger partial charge is 0.492 e. The van der Waals surface area contributed by atoms with Crippen LogP contribution in [-0.2, 0) is 11.2 Å². The molecule has 0 aromatic heterocycles. The Labute approximate surface area is 107 Å². The van der Waals surface area contributed by atoms with Gasteiger partial charge in [0.15, 0.2) is 0 Å². The van der Waals surface area contributed by atoms with Gasteiger partial charge < -0.3 is 15.2 Å². The molecule has 98 valence electrons. The molecule has 4 heteroatoms.